The highest BCUT2D eigenvalue weighted by Gasteiger charge is 2.35. The lowest BCUT2D eigenvalue weighted by Gasteiger charge is -2.35. The van der Waals surface area contributed by atoms with Crippen LogP contribution >= 0.6 is 11.6 Å². The number of hydrogen-bond acceptors (Lipinski definition) is 4. The molecule has 3 aromatic carbocycles. The molecule has 1 atom stereocenters. The van der Waals surface area contributed by atoms with Crippen molar-refractivity contribution in [2.24, 2.45) is 5.10 Å². The highest BCUT2D eigenvalue weighted by Crippen LogP contribution is 2.36. The van der Waals surface area contributed by atoms with Crippen molar-refractivity contribution in [2.75, 3.05) is 32.7 Å². The van der Waals surface area contributed by atoms with Gasteiger partial charge in [-0.25, -0.2) is 5.01 Å². The molecule has 3 aromatic rings. The number of piperazine rings is 1. The molecule has 0 aliphatic carbocycles. The summed E-state index contributed by atoms with van der Waals surface area (Å²) in [5.74, 6) is 0.0207. The summed E-state index contributed by atoms with van der Waals surface area (Å²) in [7, 11) is 0. The van der Waals surface area contributed by atoms with Crippen molar-refractivity contribution in [1.29, 1.82) is 0 Å². The van der Waals surface area contributed by atoms with Gasteiger partial charge in [-0.05, 0) is 22.8 Å². The van der Waals surface area contributed by atoms with Crippen LogP contribution in [0.1, 0.15) is 29.2 Å². The molecule has 1 fully saturated rings. The number of halogens is 1. The number of rotatable bonds is 6. The van der Waals surface area contributed by atoms with Crippen LogP contribution in [0.2, 0.25) is 5.02 Å². The van der Waals surface area contributed by atoms with Gasteiger partial charge in [0, 0.05) is 44.2 Å². The van der Waals surface area contributed by atoms with E-state index in [1.54, 1.807) is 5.01 Å². The number of nitrogens with zero attached hydrogens (tertiary/aromatic N) is 4. The van der Waals surface area contributed by atoms with Crippen LogP contribution in [0, 0.1) is 0 Å². The number of carbonyl (C=O) groups excluding carboxylic acids is 1. The summed E-state index contributed by atoms with van der Waals surface area (Å²) in [4.78, 5) is 18.2. The maximum atomic E-state index is 13.5. The molecule has 0 saturated carbocycles. The summed E-state index contributed by atoms with van der Waals surface area (Å²) in [5.41, 5.74) is 4.24. The third-order valence-electron chi connectivity index (χ3n) is 6.61. The molecule has 0 aromatic heterocycles. The molecule has 174 valence electrons. The van der Waals surface area contributed by atoms with Gasteiger partial charge in [0.2, 0.25) is 0 Å². The standard InChI is InChI=1S/C28H29ClN4O/c29-25-14-8-7-13-24(25)27-19-26(23-11-5-2-6-12-23)30-33(27)28(34)21-32-17-15-31(16-18-32)20-22-9-3-1-4-10-22/h1-14,27H,15-21H2. The fraction of sp³-hybridized carbons (Fsp3) is 0.286. The van der Waals surface area contributed by atoms with Gasteiger partial charge in [0.1, 0.15) is 0 Å². The average molecular weight is 473 g/mol. The van der Waals surface area contributed by atoms with Crippen molar-refractivity contribution in [3.05, 3.63) is 107 Å². The van der Waals surface area contributed by atoms with E-state index in [-0.39, 0.29) is 11.9 Å². The zero-order valence-corrected chi connectivity index (χ0v) is 19.9. The Balaban J connectivity index is 1.27. The predicted molar refractivity (Wildman–Crippen MR) is 137 cm³/mol. The van der Waals surface area contributed by atoms with Gasteiger partial charge >= 0.3 is 0 Å². The molecule has 0 radical (unpaired) electrons. The lowest BCUT2D eigenvalue weighted by molar-refractivity contribution is -0.134. The van der Waals surface area contributed by atoms with E-state index in [9.17, 15) is 4.79 Å². The monoisotopic (exact) mass is 472 g/mol. The van der Waals surface area contributed by atoms with Gasteiger partial charge in [-0.1, -0.05) is 90.5 Å². The Morgan fingerprint density at radius 2 is 1.44 bits per heavy atom. The number of hydrazone groups is 1. The molecule has 2 heterocycles. The van der Waals surface area contributed by atoms with Crippen LogP contribution in [-0.2, 0) is 11.3 Å². The van der Waals surface area contributed by atoms with E-state index in [2.05, 4.69) is 34.1 Å². The van der Waals surface area contributed by atoms with Gasteiger partial charge in [-0.2, -0.15) is 5.10 Å². The molecular formula is C28H29ClN4O. The quantitative estimate of drug-likeness (QED) is 0.515. The molecule has 5 rings (SSSR count). The first-order chi connectivity index (χ1) is 16.7. The zero-order chi connectivity index (χ0) is 23.3. The molecule has 1 saturated heterocycles. The zero-order valence-electron chi connectivity index (χ0n) is 19.2. The largest absolute Gasteiger partial charge is 0.297 e. The summed E-state index contributed by atoms with van der Waals surface area (Å²) in [6.07, 6.45) is 0.657. The Bertz CT molecular complexity index is 1140. The van der Waals surface area contributed by atoms with E-state index in [0.717, 1.165) is 49.6 Å². The van der Waals surface area contributed by atoms with E-state index >= 15 is 0 Å². The predicted octanol–water partition coefficient (Wildman–Crippen LogP) is 4.84. The minimum absolute atomic E-state index is 0.0207. The average Bonchev–Trinajstić information content (AvgIpc) is 3.32. The van der Waals surface area contributed by atoms with E-state index in [0.29, 0.717) is 18.0 Å². The highest BCUT2D eigenvalue weighted by molar-refractivity contribution is 6.31. The molecule has 0 spiro atoms. The minimum Gasteiger partial charge on any atom is -0.297 e. The van der Waals surface area contributed by atoms with Crippen molar-refractivity contribution < 1.29 is 4.79 Å². The van der Waals surface area contributed by atoms with Crippen LogP contribution in [0.3, 0.4) is 0 Å². The molecule has 2 aliphatic heterocycles. The first-order valence-electron chi connectivity index (χ1n) is 11.9. The molecule has 34 heavy (non-hydrogen) atoms. The van der Waals surface area contributed by atoms with E-state index in [4.69, 9.17) is 16.7 Å². The Hall–Kier alpha value is -2.99. The Morgan fingerprint density at radius 1 is 0.824 bits per heavy atom. The van der Waals surface area contributed by atoms with Gasteiger partial charge in [-0.3, -0.25) is 14.6 Å². The number of amides is 1. The normalized spacial score (nSPS) is 19.3. The summed E-state index contributed by atoms with van der Waals surface area (Å²) in [6, 6.07) is 28.2. The van der Waals surface area contributed by atoms with E-state index < -0.39 is 0 Å². The van der Waals surface area contributed by atoms with Gasteiger partial charge in [0.05, 0.1) is 18.3 Å². The van der Waals surface area contributed by atoms with E-state index in [1.807, 2.05) is 60.7 Å². The van der Waals surface area contributed by atoms with Gasteiger partial charge in [-0.15, -0.1) is 0 Å². The number of hydrogen-bond donors (Lipinski definition) is 0. The maximum Gasteiger partial charge on any atom is 0.257 e. The van der Waals surface area contributed by atoms with Crippen LogP contribution in [0.25, 0.3) is 0 Å². The fourth-order valence-corrected chi connectivity index (χ4v) is 5.01. The van der Waals surface area contributed by atoms with Gasteiger partial charge in [0.25, 0.3) is 5.91 Å². The third kappa shape index (κ3) is 5.22. The van der Waals surface area contributed by atoms with Crippen LogP contribution < -0.4 is 0 Å². The van der Waals surface area contributed by atoms with Crippen LogP contribution in [-0.4, -0.2) is 59.2 Å². The summed E-state index contributed by atoms with van der Waals surface area (Å²) >= 11 is 6.54. The smallest absolute Gasteiger partial charge is 0.257 e. The van der Waals surface area contributed by atoms with Gasteiger partial charge < -0.3 is 0 Å². The van der Waals surface area contributed by atoms with Crippen molar-refractivity contribution >= 4 is 23.2 Å². The molecule has 0 N–H and O–H groups in total. The molecular weight excluding hydrogens is 444 g/mol. The lowest BCUT2D eigenvalue weighted by Crippen LogP contribution is -2.49. The van der Waals surface area contributed by atoms with Crippen molar-refractivity contribution in [3.63, 3.8) is 0 Å². The second-order valence-corrected chi connectivity index (χ2v) is 9.34. The molecule has 0 bridgehead atoms. The highest BCUT2D eigenvalue weighted by atomic mass is 35.5. The van der Waals surface area contributed by atoms with Crippen LogP contribution in [0.15, 0.2) is 90.0 Å². The topological polar surface area (TPSA) is 39.2 Å². The first-order valence-corrected chi connectivity index (χ1v) is 12.2. The molecule has 2 aliphatic rings. The third-order valence-corrected chi connectivity index (χ3v) is 6.95. The second-order valence-electron chi connectivity index (χ2n) is 8.93. The van der Waals surface area contributed by atoms with Crippen molar-refractivity contribution in [2.45, 2.75) is 19.0 Å². The Morgan fingerprint density at radius 3 is 2.15 bits per heavy atom. The Kier molecular flexibility index (Phi) is 7.05. The molecule has 5 nitrogen and oxygen atoms in total. The fourth-order valence-electron chi connectivity index (χ4n) is 4.74. The minimum atomic E-state index is -0.184. The molecule has 1 amide bonds. The lowest BCUT2D eigenvalue weighted by atomic mass is 9.98. The summed E-state index contributed by atoms with van der Waals surface area (Å²) < 4.78 is 0. The molecule has 6 heteroatoms. The Labute approximate surface area is 206 Å². The maximum absolute atomic E-state index is 13.5. The van der Waals surface area contributed by atoms with Gasteiger partial charge in [0.15, 0.2) is 0 Å². The van der Waals surface area contributed by atoms with Crippen molar-refractivity contribution in [1.82, 2.24) is 14.8 Å². The molecule has 1 unspecified atom stereocenters. The SMILES string of the molecule is O=C(CN1CCN(Cc2ccccc2)CC1)N1N=C(c2ccccc2)CC1c1ccccc1Cl. The summed E-state index contributed by atoms with van der Waals surface area (Å²) in [6.45, 7) is 4.97. The first kappa shape index (κ1) is 22.8. The van der Waals surface area contributed by atoms with Crippen molar-refractivity contribution in [3.8, 4) is 0 Å². The number of benzene rings is 3. The summed E-state index contributed by atoms with van der Waals surface area (Å²) in [5, 5.41) is 7.14. The van der Waals surface area contributed by atoms with Crippen LogP contribution in [0.5, 0.6) is 0 Å². The second kappa shape index (κ2) is 10.5. The van der Waals surface area contributed by atoms with Crippen LogP contribution in [0.4, 0.5) is 0 Å². The van der Waals surface area contributed by atoms with E-state index in [1.165, 1.54) is 5.56 Å². The number of carbonyl (C=O) groups is 1.